The lowest BCUT2D eigenvalue weighted by atomic mass is 10.1. The van der Waals surface area contributed by atoms with Crippen molar-refractivity contribution in [3.63, 3.8) is 0 Å². The fraction of sp³-hybridized carbons (Fsp3) is 0.0968. The molecule has 1 N–H and O–H groups in total. The highest BCUT2D eigenvalue weighted by Crippen LogP contribution is 2.39. The van der Waals surface area contributed by atoms with E-state index >= 15 is 0 Å². The van der Waals surface area contributed by atoms with Gasteiger partial charge in [0.15, 0.2) is 8.68 Å². The van der Waals surface area contributed by atoms with Gasteiger partial charge in [0.05, 0.1) is 41.7 Å². The molecule has 6 aromatic rings. The number of rotatable bonds is 11. The minimum atomic E-state index is -0.376. The first kappa shape index (κ1) is 29.0. The van der Waals surface area contributed by atoms with Crippen LogP contribution in [0.4, 0.5) is 11.4 Å². The van der Waals surface area contributed by atoms with Crippen LogP contribution in [-0.4, -0.2) is 39.3 Å². The molecule has 0 saturated carbocycles. The number of hydrogen-bond acceptors (Lipinski definition) is 10. The highest BCUT2D eigenvalue weighted by atomic mass is 32.2. The Labute approximate surface area is 263 Å². The molecule has 214 valence electrons. The third-order valence-electron chi connectivity index (χ3n) is 6.27. The van der Waals surface area contributed by atoms with Crippen molar-refractivity contribution in [2.75, 3.05) is 12.3 Å². The van der Waals surface area contributed by atoms with Crippen LogP contribution in [0.1, 0.15) is 11.1 Å². The first-order chi connectivity index (χ1) is 21.0. The zero-order valence-corrected chi connectivity index (χ0v) is 25.8. The summed E-state index contributed by atoms with van der Waals surface area (Å²) < 4.78 is 3.56. The quantitative estimate of drug-likeness (QED) is 0.0658. The van der Waals surface area contributed by atoms with Crippen LogP contribution in [0, 0.1) is 10.1 Å². The van der Waals surface area contributed by atoms with Crippen molar-refractivity contribution in [3.8, 4) is 0 Å². The Kier molecular flexibility index (Phi) is 9.08. The van der Waals surface area contributed by atoms with E-state index in [1.807, 2.05) is 78.9 Å². The first-order valence-electron chi connectivity index (χ1n) is 13.2. The van der Waals surface area contributed by atoms with Crippen molar-refractivity contribution in [2.45, 2.75) is 20.0 Å². The fourth-order valence-corrected chi connectivity index (χ4v) is 8.22. The molecule has 6 rings (SSSR count). The monoisotopic (exact) mass is 641 g/mol. The molecule has 43 heavy (non-hydrogen) atoms. The summed E-state index contributed by atoms with van der Waals surface area (Å²) in [5, 5.41) is 14.8. The zero-order chi connectivity index (χ0) is 29.6. The molecule has 0 unspecified atom stereocenters. The highest BCUT2D eigenvalue weighted by molar-refractivity contribution is 8.01. The Balaban J connectivity index is 1.08. The molecule has 12 heteroatoms. The first-order valence-corrected chi connectivity index (χ1v) is 16.6. The van der Waals surface area contributed by atoms with Crippen LogP contribution in [0.2, 0.25) is 0 Å². The molecule has 2 aromatic heterocycles. The van der Waals surface area contributed by atoms with E-state index in [4.69, 9.17) is 0 Å². The van der Waals surface area contributed by atoms with Crippen LogP contribution in [0.3, 0.4) is 0 Å². The minimum absolute atomic E-state index is 0.0110. The van der Waals surface area contributed by atoms with Crippen LogP contribution in [-0.2, 0) is 11.2 Å². The fourth-order valence-electron chi connectivity index (χ4n) is 4.18. The molecule has 2 heterocycles. The molecule has 0 saturated heterocycles. The summed E-state index contributed by atoms with van der Waals surface area (Å²) >= 11 is 5.72. The van der Waals surface area contributed by atoms with Gasteiger partial charge in [0.25, 0.3) is 5.69 Å². The summed E-state index contributed by atoms with van der Waals surface area (Å²) in [4.78, 5) is 38.1. The van der Waals surface area contributed by atoms with Gasteiger partial charge in [0.2, 0.25) is 5.91 Å². The third kappa shape index (κ3) is 7.46. The van der Waals surface area contributed by atoms with Crippen LogP contribution in [0.15, 0.2) is 110 Å². The number of amides is 1. The van der Waals surface area contributed by atoms with E-state index in [9.17, 15) is 14.9 Å². The molecule has 0 fully saturated rings. The molecular formula is C31H23N5O3S4. The van der Waals surface area contributed by atoms with E-state index < -0.39 is 0 Å². The number of para-hydroxylation sites is 1. The Morgan fingerprint density at radius 2 is 1.67 bits per heavy atom. The highest BCUT2D eigenvalue weighted by Gasteiger charge is 2.17. The standard InChI is InChI=1S/C31H23N5O3S4/c37-29(32-15-14-20-6-2-1-3-7-20)19-40-30-34-24-12-11-22(17-28(24)43-30)33-18-21-10-13-27(25(16-21)36(38)39)42-31-35-23-8-4-5-9-26(23)41-31/h1-13,16-18H,14-15,19H2,(H,32,37). The van der Waals surface area contributed by atoms with Gasteiger partial charge >= 0.3 is 0 Å². The van der Waals surface area contributed by atoms with E-state index in [1.165, 1.54) is 57.8 Å². The maximum Gasteiger partial charge on any atom is 0.283 e. The van der Waals surface area contributed by atoms with E-state index in [0.717, 1.165) is 35.5 Å². The summed E-state index contributed by atoms with van der Waals surface area (Å²) in [6, 6.07) is 28.6. The van der Waals surface area contributed by atoms with Crippen molar-refractivity contribution < 1.29 is 9.72 Å². The van der Waals surface area contributed by atoms with Crippen LogP contribution < -0.4 is 5.32 Å². The lowest BCUT2D eigenvalue weighted by Crippen LogP contribution is -2.27. The molecule has 0 aliphatic carbocycles. The number of carbonyl (C=O) groups excluding carboxylic acids is 1. The number of aliphatic imine (C=N–C) groups is 1. The molecule has 0 bridgehead atoms. The normalized spacial score (nSPS) is 11.4. The maximum absolute atomic E-state index is 12.3. The summed E-state index contributed by atoms with van der Waals surface area (Å²) in [6.07, 6.45) is 2.42. The smallest absolute Gasteiger partial charge is 0.283 e. The van der Waals surface area contributed by atoms with Gasteiger partial charge in [-0.3, -0.25) is 19.9 Å². The second kappa shape index (κ2) is 13.5. The Bertz CT molecular complexity index is 1920. The van der Waals surface area contributed by atoms with Crippen molar-refractivity contribution in [1.29, 1.82) is 0 Å². The number of thioether (sulfide) groups is 1. The van der Waals surface area contributed by atoms with Crippen molar-refractivity contribution >= 4 is 90.1 Å². The molecular weight excluding hydrogens is 619 g/mol. The number of carbonyl (C=O) groups is 1. The largest absolute Gasteiger partial charge is 0.355 e. The third-order valence-corrected chi connectivity index (χ3v) is 10.6. The van der Waals surface area contributed by atoms with E-state index in [-0.39, 0.29) is 16.5 Å². The summed E-state index contributed by atoms with van der Waals surface area (Å²) in [5.41, 5.74) is 4.25. The number of hydrogen-bond donors (Lipinski definition) is 1. The van der Waals surface area contributed by atoms with Crippen LogP contribution in [0.25, 0.3) is 20.4 Å². The predicted molar refractivity (Wildman–Crippen MR) is 178 cm³/mol. The van der Waals surface area contributed by atoms with Gasteiger partial charge in [0, 0.05) is 18.8 Å². The van der Waals surface area contributed by atoms with Gasteiger partial charge in [-0.15, -0.1) is 22.7 Å². The van der Waals surface area contributed by atoms with Gasteiger partial charge < -0.3 is 5.32 Å². The Hall–Kier alpha value is -4.10. The van der Waals surface area contributed by atoms with Crippen molar-refractivity contribution in [1.82, 2.24) is 15.3 Å². The van der Waals surface area contributed by atoms with E-state index in [1.54, 1.807) is 12.3 Å². The second-order valence-corrected chi connectivity index (χ2v) is 13.9. The molecule has 0 spiro atoms. The number of thiazole rings is 2. The SMILES string of the molecule is O=C(CSc1nc2ccc(N=Cc3ccc(Sc4nc5ccccc5s4)c([N+](=O)[O-])c3)cc2s1)NCCc1ccccc1. The number of nitrogens with one attached hydrogen (secondary N) is 1. The van der Waals surface area contributed by atoms with Gasteiger partial charge in [-0.2, -0.15) is 0 Å². The van der Waals surface area contributed by atoms with Gasteiger partial charge in [0.1, 0.15) is 0 Å². The lowest BCUT2D eigenvalue weighted by Gasteiger charge is -2.04. The molecule has 4 aromatic carbocycles. The molecule has 0 radical (unpaired) electrons. The van der Waals surface area contributed by atoms with Crippen molar-refractivity contribution in [2.24, 2.45) is 4.99 Å². The maximum atomic E-state index is 12.3. The second-order valence-electron chi connectivity index (χ2n) is 9.30. The Morgan fingerprint density at radius 3 is 2.51 bits per heavy atom. The minimum Gasteiger partial charge on any atom is -0.355 e. The topological polar surface area (TPSA) is 110 Å². The predicted octanol–water partition coefficient (Wildman–Crippen LogP) is 8.17. The average molecular weight is 642 g/mol. The molecule has 1 amide bonds. The lowest BCUT2D eigenvalue weighted by molar-refractivity contribution is -0.387. The average Bonchev–Trinajstić information content (AvgIpc) is 3.63. The van der Waals surface area contributed by atoms with Crippen LogP contribution >= 0.6 is 46.2 Å². The summed E-state index contributed by atoms with van der Waals surface area (Å²) in [6.45, 7) is 0.596. The number of nitro benzene ring substituents is 1. The Morgan fingerprint density at radius 1 is 0.907 bits per heavy atom. The number of fused-ring (bicyclic) bond motifs is 2. The number of benzene rings is 4. The van der Waals surface area contributed by atoms with Gasteiger partial charge in [-0.25, -0.2) is 9.97 Å². The van der Waals surface area contributed by atoms with Gasteiger partial charge in [-0.05, 0) is 53.9 Å². The number of nitro groups is 1. The molecule has 8 nitrogen and oxygen atoms in total. The van der Waals surface area contributed by atoms with Gasteiger partial charge in [-0.1, -0.05) is 72.1 Å². The van der Waals surface area contributed by atoms with E-state index in [2.05, 4.69) is 20.3 Å². The number of aromatic nitrogens is 2. The molecule has 0 aliphatic rings. The van der Waals surface area contributed by atoms with Crippen LogP contribution in [0.5, 0.6) is 0 Å². The van der Waals surface area contributed by atoms with Crippen molar-refractivity contribution in [3.05, 3.63) is 112 Å². The van der Waals surface area contributed by atoms with E-state index in [0.29, 0.717) is 28.4 Å². The number of nitrogens with zero attached hydrogens (tertiary/aromatic N) is 4. The summed E-state index contributed by atoms with van der Waals surface area (Å²) in [5.74, 6) is 0.273. The molecule has 0 aliphatic heterocycles. The molecule has 0 atom stereocenters. The zero-order valence-electron chi connectivity index (χ0n) is 22.5. The summed E-state index contributed by atoms with van der Waals surface area (Å²) in [7, 11) is 0.